The zero-order chi connectivity index (χ0) is 17.1. The van der Waals surface area contributed by atoms with E-state index < -0.39 is 5.92 Å². The second-order valence-corrected chi connectivity index (χ2v) is 5.42. The molecule has 2 aromatic rings. The monoisotopic (exact) mass is 330 g/mol. The topological polar surface area (TPSA) is 96.5 Å². The SMILES string of the molecule is COc1ccc(N2C[C@@H](C(=O)Nc3cn[nH]c3)CC2=O)cc1OC. The van der Waals surface area contributed by atoms with Gasteiger partial charge < -0.3 is 19.7 Å². The number of amides is 2. The van der Waals surface area contributed by atoms with Crippen molar-refractivity contribution < 1.29 is 19.1 Å². The molecule has 8 nitrogen and oxygen atoms in total. The Kier molecular flexibility index (Phi) is 4.37. The van der Waals surface area contributed by atoms with Crippen LogP contribution in [0.2, 0.25) is 0 Å². The molecule has 24 heavy (non-hydrogen) atoms. The lowest BCUT2D eigenvalue weighted by molar-refractivity contribution is -0.122. The van der Waals surface area contributed by atoms with Crippen LogP contribution in [-0.2, 0) is 9.59 Å². The molecule has 1 saturated heterocycles. The van der Waals surface area contributed by atoms with Gasteiger partial charge in [-0.15, -0.1) is 0 Å². The van der Waals surface area contributed by atoms with Gasteiger partial charge in [0.05, 0.1) is 32.0 Å². The number of nitrogens with one attached hydrogen (secondary N) is 2. The summed E-state index contributed by atoms with van der Waals surface area (Å²) in [7, 11) is 3.09. The van der Waals surface area contributed by atoms with Crippen LogP contribution in [0, 0.1) is 5.92 Å². The number of rotatable bonds is 5. The molecule has 2 heterocycles. The molecule has 1 aromatic carbocycles. The van der Waals surface area contributed by atoms with Gasteiger partial charge in [0, 0.05) is 30.9 Å². The third-order valence-electron chi connectivity index (χ3n) is 3.94. The van der Waals surface area contributed by atoms with Crippen LogP contribution in [0.1, 0.15) is 6.42 Å². The summed E-state index contributed by atoms with van der Waals surface area (Å²) < 4.78 is 10.5. The van der Waals surface area contributed by atoms with Crippen LogP contribution in [0.3, 0.4) is 0 Å². The number of carbonyl (C=O) groups is 2. The summed E-state index contributed by atoms with van der Waals surface area (Å²) in [5.74, 6) is 0.402. The Morgan fingerprint density at radius 3 is 2.79 bits per heavy atom. The van der Waals surface area contributed by atoms with E-state index in [2.05, 4.69) is 15.5 Å². The molecule has 8 heteroatoms. The maximum absolute atomic E-state index is 12.3. The van der Waals surface area contributed by atoms with Crippen molar-refractivity contribution in [2.45, 2.75) is 6.42 Å². The zero-order valence-electron chi connectivity index (χ0n) is 13.4. The second kappa shape index (κ2) is 6.61. The minimum atomic E-state index is -0.416. The van der Waals surface area contributed by atoms with Crippen molar-refractivity contribution in [3.8, 4) is 11.5 Å². The highest BCUT2D eigenvalue weighted by Crippen LogP contribution is 2.34. The van der Waals surface area contributed by atoms with E-state index in [1.54, 1.807) is 36.4 Å². The summed E-state index contributed by atoms with van der Waals surface area (Å²) in [6, 6.07) is 5.24. The Hall–Kier alpha value is -3.03. The molecule has 1 atom stereocenters. The summed E-state index contributed by atoms with van der Waals surface area (Å²) in [6.45, 7) is 0.317. The quantitative estimate of drug-likeness (QED) is 0.864. The van der Waals surface area contributed by atoms with E-state index in [1.165, 1.54) is 13.3 Å². The van der Waals surface area contributed by atoms with Gasteiger partial charge in [0.15, 0.2) is 11.5 Å². The van der Waals surface area contributed by atoms with E-state index in [0.717, 1.165) is 0 Å². The number of hydrogen-bond donors (Lipinski definition) is 2. The minimum Gasteiger partial charge on any atom is -0.493 e. The van der Waals surface area contributed by atoms with Crippen molar-refractivity contribution in [3.63, 3.8) is 0 Å². The van der Waals surface area contributed by atoms with Crippen LogP contribution < -0.4 is 19.7 Å². The number of aromatic nitrogens is 2. The minimum absolute atomic E-state index is 0.102. The smallest absolute Gasteiger partial charge is 0.229 e. The van der Waals surface area contributed by atoms with E-state index >= 15 is 0 Å². The number of ether oxygens (including phenoxy) is 2. The summed E-state index contributed by atoms with van der Waals surface area (Å²) >= 11 is 0. The fourth-order valence-corrected chi connectivity index (χ4v) is 2.69. The first-order valence-electron chi connectivity index (χ1n) is 7.44. The number of H-pyrrole nitrogens is 1. The Morgan fingerprint density at radius 1 is 1.33 bits per heavy atom. The number of methoxy groups -OCH3 is 2. The van der Waals surface area contributed by atoms with Gasteiger partial charge in [-0.2, -0.15) is 5.10 Å². The molecule has 0 radical (unpaired) electrons. The molecule has 0 bridgehead atoms. The first-order valence-corrected chi connectivity index (χ1v) is 7.44. The third kappa shape index (κ3) is 3.03. The third-order valence-corrected chi connectivity index (χ3v) is 3.94. The number of hydrogen-bond acceptors (Lipinski definition) is 5. The van der Waals surface area contributed by atoms with Crippen LogP contribution in [0.15, 0.2) is 30.6 Å². The predicted octanol–water partition coefficient (Wildman–Crippen LogP) is 1.42. The molecule has 1 aliphatic heterocycles. The van der Waals surface area contributed by atoms with Crippen molar-refractivity contribution in [1.29, 1.82) is 0 Å². The summed E-state index contributed by atoms with van der Waals surface area (Å²) in [5.41, 5.74) is 1.26. The summed E-state index contributed by atoms with van der Waals surface area (Å²) in [5, 5.41) is 9.14. The molecule has 0 spiro atoms. The predicted molar refractivity (Wildman–Crippen MR) is 87.2 cm³/mol. The van der Waals surface area contributed by atoms with Crippen molar-refractivity contribution >= 4 is 23.2 Å². The maximum atomic E-state index is 12.3. The van der Waals surface area contributed by atoms with Gasteiger partial charge in [-0.25, -0.2) is 0 Å². The summed E-state index contributed by atoms with van der Waals surface area (Å²) in [4.78, 5) is 26.2. The molecule has 0 aliphatic carbocycles. The van der Waals surface area contributed by atoms with E-state index in [-0.39, 0.29) is 18.2 Å². The van der Waals surface area contributed by atoms with Crippen molar-refractivity contribution in [3.05, 3.63) is 30.6 Å². The largest absolute Gasteiger partial charge is 0.493 e. The molecule has 1 aromatic heterocycles. The van der Waals surface area contributed by atoms with Crippen LogP contribution in [0.25, 0.3) is 0 Å². The molecule has 2 amide bonds. The Balaban J connectivity index is 1.74. The number of benzene rings is 1. The van der Waals surface area contributed by atoms with Crippen LogP contribution in [-0.4, -0.2) is 42.8 Å². The van der Waals surface area contributed by atoms with Crippen LogP contribution in [0.5, 0.6) is 11.5 Å². The van der Waals surface area contributed by atoms with E-state index in [1.807, 2.05) is 0 Å². The van der Waals surface area contributed by atoms with E-state index in [4.69, 9.17) is 9.47 Å². The molecule has 1 aliphatic rings. The normalized spacial score (nSPS) is 17.0. The van der Waals surface area contributed by atoms with Gasteiger partial charge in [0.25, 0.3) is 0 Å². The van der Waals surface area contributed by atoms with Gasteiger partial charge in [0.2, 0.25) is 11.8 Å². The molecule has 0 unspecified atom stereocenters. The molecule has 3 rings (SSSR count). The van der Waals surface area contributed by atoms with Crippen molar-refractivity contribution in [2.24, 2.45) is 5.92 Å². The van der Waals surface area contributed by atoms with Crippen LogP contribution in [0.4, 0.5) is 11.4 Å². The Bertz CT molecular complexity index is 745. The molecule has 0 saturated carbocycles. The second-order valence-electron chi connectivity index (χ2n) is 5.42. The van der Waals surface area contributed by atoms with Gasteiger partial charge in [-0.05, 0) is 12.1 Å². The lowest BCUT2D eigenvalue weighted by Crippen LogP contribution is -2.28. The standard InChI is InChI=1S/C16H18N4O4/c1-23-13-4-3-12(6-14(13)24-2)20-9-10(5-15(20)21)16(22)19-11-7-17-18-8-11/h3-4,6-8,10H,5,9H2,1-2H3,(H,17,18)(H,19,22)/t10-/m0/s1. The highest BCUT2D eigenvalue weighted by atomic mass is 16.5. The Morgan fingerprint density at radius 2 is 2.12 bits per heavy atom. The first kappa shape index (κ1) is 15.9. The Labute approximate surface area is 138 Å². The first-order chi connectivity index (χ1) is 11.6. The number of anilines is 2. The molecular formula is C16H18N4O4. The lowest BCUT2D eigenvalue weighted by atomic mass is 10.1. The van der Waals surface area contributed by atoms with Crippen LogP contribution >= 0.6 is 0 Å². The average Bonchev–Trinajstić information content (AvgIpc) is 3.23. The van der Waals surface area contributed by atoms with Gasteiger partial charge >= 0.3 is 0 Å². The number of carbonyl (C=O) groups excluding carboxylic acids is 2. The highest BCUT2D eigenvalue weighted by Gasteiger charge is 2.35. The van der Waals surface area contributed by atoms with E-state index in [9.17, 15) is 9.59 Å². The van der Waals surface area contributed by atoms with Crippen molar-refractivity contribution in [2.75, 3.05) is 31.0 Å². The van der Waals surface area contributed by atoms with Gasteiger partial charge in [-0.3, -0.25) is 14.7 Å². The number of aromatic amines is 1. The fraction of sp³-hybridized carbons (Fsp3) is 0.312. The number of nitrogens with zero attached hydrogens (tertiary/aromatic N) is 2. The molecule has 126 valence electrons. The zero-order valence-corrected chi connectivity index (χ0v) is 13.4. The van der Waals surface area contributed by atoms with Gasteiger partial charge in [-0.1, -0.05) is 0 Å². The van der Waals surface area contributed by atoms with E-state index in [0.29, 0.717) is 29.4 Å². The van der Waals surface area contributed by atoms with Crippen molar-refractivity contribution in [1.82, 2.24) is 10.2 Å². The molecule has 1 fully saturated rings. The molecular weight excluding hydrogens is 312 g/mol. The fourth-order valence-electron chi connectivity index (χ4n) is 2.69. The average molecular weight is 330 g/mol. The maximum Gasteiger partial charge on any atom is 0.229 e. The highest BCUT2D eigenvalue weighted by molar-refractivity contribution is 6.03. The molecule has 2 N–H and O–H groups in total. The summed E-state index contributed by atoms with van der Waals surface area (Å²) in [6.07, 6.45) is 3.26. The lowest BCUT2D eigenvalue weighted by Gasteiger charge is -2.18. The van der Waals surface area contributed by atoms with Gasteiger partial charge in [0.1, 0.15) is 0 Å².